The summed E-state index contributed by atoms with van der Waals surface area (Å²) in [6.45, 7) is 0. The highest BCUT2D eigenvalue weighted by Gasteiger charge is 1.85. The molecule has 2 heteroatoms. The lowest BCUT2D eigenvalue weighted by atomic mass is 10.3. The Morgan fingerprint density at radius 2 is 1.89 bits per heavy atom. The number of hydrogen-bond acceptors (Lipinski definition) is 0. The van der Waals surface area contributed by atoms with E-state index in [0.29, 0.717) is 6.00 Å². The van der Waals surface area contributed by atoms with Crippen molar-refractivity contribution < 1.29 is 0 Å². The highest BCUT2D eigenvalue weighted by atomic mass is 35.5. The summed E-state index contributed by atoms with van der Waals surface area (Å²) in [6, 6.07) is 10.00. The standard InChI is InChI=1S/C7H7ClN/c8-6-9-7-4-2-1-3-5-7/h1-5H,6H2. The van der Waals surface area contributed by atoms with Gasteiger partial charge in [0.05, 0.1) is 5.69 Å². The number of benzene rings is 1. The molecule has 0 unspecified atom stereocenters. The van der Waals surface area contributed by atoms with Crippen molar-refractivity contribution in [2.45, 2.75) is 0 Å². The monoisotopic (exact) mass is 140 g/mol. The maximum atomic E-state index is 5.37. The zero-order valence-electron chi connectivity index (χ0n) is 4.92. The van der Waals surface area contributed by atoms with Gasteiger partial charge in [-0.05, 0) is 12.1 Å². The predicted octanol–water partition coefficient (Wildman–Crippen LogP) is 2.12. The van der Waals surface area contributed by atoms with E-state index in [2.05, 4.69) is 5.32 Å². The molecule has 0 saturated carbocycles. The molecule has 0 aliphatic rings. The van der Waals surface area contributed by atoms with Gasteiger partial charge in [0.2, 0.25) is 0 Å². The third-order valence-corrected chi connectivity index (χ3v) is 1.12. The van der Waals surface area contributed by atoms with E-state index in [1.165, 1.54) is 0 Å². The second-order valence-electron chi connectivity index (χ2n) is 1.61. The second-order valence-corrected chi connectivity index (χ2v) is 1.85. The average Bonchev–Trinajstić information content (AvgIpc) is 1.91. The molecule has 1 rings (SSSR count). The van der Waals surface area contributed by atoms with Gasteiger partial charge in [-0.1, -0.05) is 18.2 Å². The summed E-state index contributed by atoms with van der Waals surface area (Å²) in [4.78, 5) is 0. The highest BCUT2D eigenvalue weighted by Crippen LogP contribution is 2.04. The van der Waals surface area contributed by atoms with Gasteiger partial charge in [0.1, 0.15) is 6.00 Å². The molecule has 0 heterocycles. The predicted molar refractivity (Wildman–Crippen MR) is 39.0 cm³/mol. The van der Waals surface area contributed by atoms with Crippen molar-refractivity contribution in [1.82, 2.24) is 5.32 Å². The maximum absolute atomic E-state index is 5.37. The zero-order chi connectivity index (χ0) is 6.53. The van der Waals surface area contributed by atoms with Gasteiger partial charge in [-0.3, -0.25) is 5.32 Å². The van der Waals surface area contributed by atoms with Crippen LogP contribution in [-0.4, -0.2) is 6.00 Å². The lowest BCUT2D eigenvalue weighted by Gasteiger charge is -1.94. The van der Waals surface area contributed by atoms with Crippen LogP contribution in [0.5, 0.6) is 0 Å². The van der Waals surface area contributed by atoms with Crippen LogP contribution in [0.2, 0.25) is 0 Å². The molecule has 0 saturated heterocycles. The Hall–Kier alpha value is -0.690. The highest BCUT2D eigenvalue weighted by molar-refractivity contribution is 6.17. The normalized spacial score (nSPS) is 9.00. The smallest absolute Gasteiger partial charge is 0.114 e. The first kappa shape index (κ1) is 6.43. The quantitative estimate of drug-likeness (QED) is 0.441. The fourth-order valence-corrected chi connectivity index (χ4v) is 0.740. The first-order valence-corrected chi connectivity index (χ1v) is 3.25. The third-order valence-electron chi connectivity index (χ3n) is 0.999. The van der Waals surface area contributed by atoms with Gasteiger partial charge < -0.3 is 0 Å². The molecule has 0 aliphatic heterocycles. The van der Waals surface area contributed by atoms with Crippen LogP contribution in [-0.2, 0) is 0 Å². The lowest BCUT2D eigenvalue weighted by Crippen LogP contribution is -1.90. The van der Waals surface area contributed by atoms with Crippen molar-refractivity contribution in [3.8, 4) is 0 Å². The maximum Gasteiger partial charge on any atom is 0.114 e. The molecule has 0 N–H and O–H groups in total. The molecular weight excluding hydrogens is 134 g/mol. The van der Waals surface area contributed by atoms with E-state index >= 15 is 0 Å². The van der Waals surface area contributed by atoms with Crippen LogP contribution in [0.3, 0.4) is 0 Å². The minimum Gasteiger partial charge on any atom is -0.269 e. The van der Waals surface area contributed by atoms with E-state index in [4.69, 9.17) is 11.6 Å². The van der Waals surface area contributed by atoms with Gasteiger partial charge in [-0.15, -0.1) is 11.6 Å². The van der Waals surface area contributed by atoms with Crippen LogP contribution in [0, 0.1) is 0 Å². The molecule has 0 atom stereocenters. The van der Waals surface area contributed by atoms with Crippen molar-refractivity contribution in [2.75, 3.05) is 6.00 Å². The van der Waals surface area contributed by atoms with Crippen molar-refractivity contribution in [3.05, 3.63) is 30.3 Å². The first-order chi connectivity index (χ1) is 4.43. The molecule has 1 radical (unpaired) electrons. The molecule has 47 valence electrons. The van der Waals surface area contributed by atoms with Gasteiger partial charge in [0.25, 0.3) is 0 Å². The van der Waals surface area contributed by atoms with Gasteiger partial charge in [-0.25, -0.2) is 0 Å². The summed E-state index contributed by atoms with van der Waals surface area (Å²) in [7, 11) is 0. The van der Waals surface area contributed by atoms with E-state index < -0.39 is 0 Å². The van der Waals surface area contributed by atoms with Gasteiger partial charge in [0, 0.05) is 0 Å². The summed E-state index contributed by atoms with van der Waals surface area (Å²) in [6.07, 6.45) is 0. The molecular formula is C7H7ClN. The van der Waals surface area contributed by atoms with Crippen LogP contribution < -0.4 is 5.32 Å². The van der Waals surface area contributed by atoms with Crippen molar-refractivity contribution in [2.24, 2.45) is 0 Å². The second kappa shape index (κ2) is 3.36. The van der Waals surface area contributed by atoms with E-state index in [-0.39, 0.29) is 0 Å². The van der Waals surface area contributed by atoms with E-state index in [1.807, 2.05) is 30.3 Å². The molecule has 0 fully saturated rings. The van der Waals surface area contributed by atoms with Crippen molar-refractivity contribution in [1.29, 1.82) is 0 Å². The summed E-state index contributed by atoms with van der Waals surface area (Å²) < 4.78 is 0. The Labute approximate surface area is 59.6 Å². The number of nitrogens with zero attached hydrogens (tertiary/aromatic N) is 1. The minimum absolute atomic E-state index is 0.337. The number of halogens is 1. The molecule has 0 aliphatic carbocycles. The molecule has 1 nitrogen and oxygen atoms in total. The minimum atomic E-state index is 0.337. The molecule has 9 heavy (non-hydrogen) atoms. The van der Waals surface area contributed by atoms with E-state index in [1.54, 1.807) is 0 Å². The summed E-state index contributed by atoms with van der Waals surface area (Å²) >= 11 is 5.37. The molecule has 0 bridgehead atoms. The molecule has 1 aromatic carbocycles. The third kappa shape index (κ3) is 1.94. The average molecular weight is 141 g/mol. The Balaban J connectivity index is 2.61. The SMILES string of the molecule is ClC[N]c1ccccc1. The van der Waals surface area contributed by atoms with Crippen molar-refractivity contribution in [3.63, 3.8) is 0 Å². The Morgan fingerprint density at radius 1 is 1.22 bits per heavy atom. The van der Waals surface area contributed by atoms with E-state index in [0.717, 1.165) is 5.69 Å². The van der Waals surface area contributed by atoms with Gasteiger partial charge in [0.15, 0.2) is 0 Å². The van der Waals surface area contributed by atoms with E-state index in [9.17, 15) is 0 Å². The number of hydrogen-bond donors (Lipinski definition) is 0. The zero-order valence-corrected chi connectivity index (χ0v) is 5.67. The summed E-state index contributed by atoms with van der Waals surface area (Å²) in [5.74, 6) is 0. The first-order valence-electron chi connectivity index (χ1n) is 2.72. The molecule has 0 aromatic heterocycles. The van der Waals surface area contributed by atoms with Crippen molar-refractivity contribution >= 4 is 17.3 Å². The Kier molecular flexibility index (Phi) is 2.40. The van der Waals surface area contributed by atoms with Crippen LogP contribution in [0.15, 0.2) is 30.3 Å². The molecule has 0 amide bonds. The summed E-state index contributed by atoms with van der Waals surface area (Å²) in [5, 5.41) is 3.97. The van der Waals surface area contributed by atoms with Crippen LogP contribution >= 0.6 is 11.6 Å². The van der Waals surface area contributed by atoms with Crippen LogP contribution in [0.1, 0.15) is 0 Å². The largest absolute Gasteiger partial charge is 0.269 e. The molecule has 0 spiro atoms. The Bertz CT molecular complexity index is 162. The van der Waals surface area contributed by atoms with Gasteiger partial charge in [-0.2, -0.15) is 0 Å². The fourth-order valence-electron chi connectivity index (χ4n) is 0.602. The van der Waals surface area contributed by atoms with Gasteiger partial charge >= 0.3 is 0 Å². The molecule has 1 aromatic rings. The Morgan fingerprint density at radius 3 is 2.44 bits per heavy atom. The number of rotatable bonds is 2. The number of alkyl halides is 1. The topological polar surface area (TPSA) is 14.1 Å². The van der Waals surface area contributed by atoms with Crippen LogP contribution in [0.25, 0.3) is 0 Å². The van der Waals surface area contributed by atoms with Crippen LogP contribution in [0.4, 0.5) is 5.69 Å². The summed E-state index contributed by atoms with van der Waals surface area (Å²) in [5.41, 5.74) is 0.938. The lowest BCUT2D eigenvalue weighted by molar-refractivity contribution is 1.04. The number of para-hydroxylation sites is 1. The fraction of sp³-hybridized carbons (Fsp3) is 0.143.